The monoisotopic (exact) mass is 356 g/mol. The summed E-state index contributed by atoms with van der Waals surface area (Å²) in [5.74, 6) is 0.885. The summed E-state index contributed by atoms with van der Waals surface area (Å²) in [4.78, 5) is 17.8. The number of nitrogens with zero attached hydrogens (tertiary/aromatic N) is 1. The number of nitrogens with one attached hydrogen (secondary N) is 1. The van der Waals surface area contributed by atoms with Crippen LogP contribution in [0.3, 0.4) is 0 Å². The van der Waals surface area contributed by atoms with E-state index in [9.17, 15) is 9.90 Å². The maximum atomic E-state index is 12.5. The van der Waals surface area contributed by atoms with Crippen molar-refractivity contribution in [2.75, 3.05) is 19.5 Å². The number of carbonyl (C=O) groups excluding carboxylic acids is 1. The van der Waals surface area contributed by atoms with Gasteiger partial charge in [0.25, 0.3) is 5.91 Å². The molecule has 0 aromatic heterocycles. The van der Waals surface area contributed by atoms with Crippen LogP contribution in [0, 0.1) is 6.92 Å². The van der Waals surface area contributed by atoms with E-state index in [1.807, 2.05) is 6.92 Å². The molecular weight excluding hydrogens is 336 g/mol. The van der Waals surface area contributed by atoms with Gasteiger partial charge in [0.05, 0.1) is 25.6 Å². The minimum absolute atomic E-state index is 0.00227. The van der Waals surface area contributed by atoms with Crippen LogP contribution in [0.5, 0.6) is 17.2 Å². The number of hydrogen-bond donors (Lipinski definition) is 2. The first-order valence-corrected chi connectivity index (χ1v) is 8.07. The maximum Gasteiger partial charge on any atom is 0.268 e. The van der Waals surface area contributed by atoms with Gasteiger partial charge < -0.3 is 24.7 Å². The van der Waals surface area contributed by atoms with Gasteiger partial charge in [0, 0.05) is 12.0 Å². The van der Waals surface area contributed by atoms with Crippen molar-refractivity contribution >= 4 is 17.3 Å². The third kappa shape index (κ3) is 3.56. The van der Waals surface area contributed by atoms with Gasteiger partial charge in [-0.05, 0) is 42.8 Å². The van der Waals surface area contributed by atoms with Crippen LogP contribution >= 0.6 is 0 Å². The highest BCUT2D eigenvalue weighted by atomic mass is 16.6. The highest BCUT2D eigenvalue weighted by Crippen LogP contribution is 2.30. The number of benzene rings is 2. The summed E-state index contributed by atoms with van der Waals surface area (Å²) < 4.78 is 10.6. The van der Waals surface area contributed by atoms with Crippen LogP contribution in [0.4, 0.5) is 5.69 Å². The first-order chi connectivity index (χ1) is 12.5. The summed E-state index contributed by atoms with van der Waals surface area (Å²) in [7, 11) is 3.13. The van der Waals surface area contributed by atoms with Gasteiger partial charge in [0.2, 0.25) is 6.10 Å². The van der Waals surface area contributed by atoms with E-state index in [0.29, 0.717) is 28.5 Å². The van der Waals surface area contributed by atoms with E-state index in [4.69, 9.17) is 14.3 Å². The number of rotatable bonds is 5. The Kier molecular flexibility index (Phi) is 4.97. The highest BCUT2D eigenvalue weighted by molar-refractivity contribution is 6.08. The number of aryl methyl sites for hydroxylation is 1. The molecule has 136 valence electrons. The summed E-state index contributed by atoms with van der Waals surface area (Å²) in [5.41, 5.74) is 2.56. The zero-order valence-electron chi connectivity index (χ0n) is 14.8. The van der Waals surface area contributed by atoms with Crippen LogP contribution in [0.25, 0.3) is 0 Å². The van der Waals surface area contributed by atoms with Crippen LogP contribution in [0.15, 0.2) is 41.6 Å². The maximum absolute atomic E-state index is 12.5. The number of carbonyl (C=O) groups is 1. The number of methoxy groups -OCH3 is 2. The largest absolute Gasteiger partial charge is 0.506 e. The molecule has 0 saturated heterocycles. The summed E-state index contributed by atoms with van der Waals surface area (Å²) in [6.45, 7) is 1.87. The van der Waals surface area contributed by atoms with Crippen LogP contribution in [0.1, 0.15) is 17.5 Å². The fourth-order valence-corrected chi connectivity index (χ4v) is 2.68. The standard InChI is InChI=1S/C19H20N2O5/c1-11-4-6-16(22)15(8-11)20-19(23)18-10-14(21-26-18)13-9-12(24-2)5-7-17(13)25-3/h4-9,18,22H,10H2,1-3H3,(H,20,23). The second-order valence-electron chi connectivity index (χ2n) is 5.91. The van der Waals surface area contributed by atoms with E-state index >= 15 is 0 Å². The summed E-state index contributed by atoms with van der Waals surface area (Å²) in [5, 5.41) is 16.6. The molecule has 7 heteroatoms. The van der Waals surface area contributed by atoms with E-state index in [1.165, 1.54) is 6.07 Å². The molecule has 0 saturated carbocycles. The number of anilines is 1. The van der Waals surface area contributed by atoms with E-state index in [1.54, 1.807) is 44.6 Å². The smallest absolute Gasteiger partial charge is 0.268 e. The number of aromatic hydroxyl groups is 1. The molecule has 7 nitrogen and oxygen atoms in total. The van der Waals surface area contributed by atoms with Crippen molar-refractivity contribution in [1.82, 2.24) is 0 Å². The molecule has 0 radical (unpaired) electrons. The second kappa shape index (κ2) is 7.35. The van der Waals surface area contributed by atoms with Gasteiger partial charge in [-0.1, -0.05) is 11.2 Å². The SMILES string of the molecule is COc1ccc(OC)c(C2=NOC(C(=O)Nc3cc(C)ccc3O)C2)c1. The molecule has 0 spiro atoms. The van der Waals surface area contributed by atoms with Gasteiger partial charge in [0.1, 0.15) is 17.2 Å². The molecule has 1 aliphatic rings. The lowest BCUT2D eigenvalue weighted by atomic mass is 10.0. The Morgan fingerprint density at radius 3 is 2.77 bits per heavy atom. The lowest BCUT2D eigenvalue weighted by Crippen LogP contribution is -2.28. The zero-order chi connectivity index (χ0) is 18.7. The molecule has 1 aliphatic heterocycles. The lowest BCUT2D eigenvalue weighted by molar-refractivity contribution is -0.125. The molecule has 0 fully saturated rings. The van der Waals surface area contributed by atoms with Gasteiger partial charge in [-0.2, -0.15) is 0 Å². The number of amides is 1. The molecule has 3 rings (SSSR count). The summed E-state index contributed by atoms with van der Waals surface area (Å²) >= 11 is 0. The average molecular weight is 356 g/mol. The molecule has 1 unspecified atom stereocenters. The first kappa shape index (κ1) is 17.6. The Hall–Kier alpha value is -3.22. The molecule has 2 N–H and O–H groups in total. The zero-order valence-corrected chi connectivity index (χ0v) is 14.8. The molecule has 2 aromatic rings. The van der Waals surface area contributed by atoms with Crippen molar-refractivity contribution < 1.29 is 24.2 Å². The van der Waals surface area contributed by atoms with Crippen molar-refractivity contribution in [1.29, 1.82) is 0 Å². The Bertz CT molecular complexity index is 863. The predicted molar refractivity (Wildman–Crippen MR) is 97.0 cm³/mol. The van der Waals surface area contributed by atoms with E-state index in [-0.39, 0.29) is 18.1 Å². The number of phenols is 1. The Labute approximate surface area is 151 Å². The minimum Gasteiger partial charge on any atom is -0.506 e. The number of hydrogen-bond acceptors (Lipinski definition) is 6. The lowest BCUT2D eigenvalue weighted by Gasteiger charge is -2.12. The second-order valence-corrected chi connectivity index (χ2v) is 5.91. The van der Waals surface area contributed by atoms with E-state index in [0.717, 1.165) is 5.56 Å². The number of ether oxygens (including phenoxy) is 2. The van der Waals surface area contributed by atoms with Crippen LogP contribution < -0.4 is 14.8 Å². The van der Waals surface area contributed by atoms with Crippen molar-refractivity contribution in [2.45, 2.75) is 19.4 Å². The molecule has 1 heterocycles. The first-order valence-electron chi connectivity index (χ1n) is 8.07. The van der Waals surface area contributed by atoms with Gasteiger partial charge in [-0.25, -0.2) is 0 Å². The van der Waals surface area contributed by atoms with Crippen molar-refractivity contribution in [3.05, 3.63) is 47.5 Å². The van der Waals surface area contributed by atoms with Gasteiger partial charge >= 0.3 is 0 Å². The third-order valence-corrected chi connectivity index (χ3v) is 4.09. The summed E-state index contributed by atoms with van der Waals surface area (Å²) in [6, 6.07) is 10.3. The van der Waals surface area contributed by atoms with Crippen molar-refractivity contribution in [3.63, 3.8) is 0 Å². The highest BCUT2D eigenvalue weighted by Gasteiger charge is 2.31. The molecular formula is C19H20N2O5. The van der Waals surface area contributed by atoms with Crippen LogP contribution in [-0.2, 0) is 9.63 Å². The quantitative estimate of drug-likeness (QED) is 0.804. The Balaban J connectivity index is 1.74. The van der Waals surface area contributed by atoms with Gasteiger partial charge in [-0.3, -0.25) is 4.79 Å². The normalized spacial score (nSPS) is 15.8. The van der Waals surface area contributed by atoms with E-state index in [2.05, 4.69) is 10.5 Å². The molecule has 0 aliphatic carbocycles. The van der Waals surface area contributed by atoms with E-state index < -0.39 is 6.10 Å². The molecule has 26 heavy (non-hydrogen) atoms. The van der Waals surface area contributed by atoms with Gasteiger partial charge in [-0.15, -0.1) is 0 Å². The molecule has 1 amide bonds. The van der Waals surface area contributed by atoms with Crippen molar-refractivity contribution in [2.24, 2.45) is 5.16 Å². The fraction of sp³-hybridized carbons (Fsp3) is 0.263. The average Bonchev–Trinajstić information content (AvgIpc) is 3.14. The fourth-order valence-electron chi connectivity index (χ4n) is 2.68. The van der Waals surface area contributed by atoms with Crippen LogP contribution in [0.2, 0.25) is 0 Å². The van der Waals surface area contributed by atoms with Crippen LogP contribution in [-0.4, -0.2) is 37.0 Å². The molecule has 1 atom stereocenters. The van der Waals surface area contributed by atoms with Gasteiger partial charge in [0.15, 0.2) is 0 Å². The topological polar surface area (TPSA) is 89.4 Å². The third-order valence-electron chi connectivity index (χ3n) is 4.09. The Morgan fingerprint density at radius 2 is 2.04 bits per heavy atom. The predicted octanol–water partition coefficient (Wildman–Crippen LogP) is 2.85. The molecule has 0 bridgehead atoms. The molecule has 2 aromatic carbocycles. The number of phenolic OH excluding ortho intramolecular Hbond substituents is 1. The Morgan fingerprint density at radius 1 is 1.23 bits per heavy atom. The summed E-state index contributed by atoms with van der Waals surface area (Å²) in [6.07, 6.45) is -0.511. The van der Waals surface area contributed by atoms with Crippen molar-refractivity contribution in [3.8, 4) is 17.2 Å². The minimum atomic E-state index is -0.791. The number of oxime groups is 1.